The molecule has 0 radical (unpaired) electrons. The molecule has 0 amide bonds. The van der Waals surface area contributed by atoms with Crippen LogP contribution in [0.5, 0.6) is 0 Å². The van der Waals surface area contributed by atoms with E-state index in [1.807, 2.05) is 0 Å². The molecule has 0 saturated heterocycles. The minimum absolute atomic E-state index is 0.232. The van der Waals surface area contributed by atoms with E-state index >= 15 is 0 Å². The van der Waals surface area contributed by atoms with E-state index in [4.69, 9.17) is 15.0 Å². The van der Waals surface area contributed by atoms with E-state index in [-0.39, 0.29) is 5.41 Å². The van der Waals surface area contributed by atoms with Gasteiger partial charge in [0.2, 0.25) is 0 Å². The third kappa shape index (κ3) is 4.08. The molecule has 0 saturated carbocycles. The van der Waals surface area contributed by atoms with Gasteiger partial charge in [-0.2, -0.15) is 0 Å². The molecule has 0 bridgehead atoms. The summed E-state index contributed by atoms with van der Waals surface area (Å²) in [7, 11) is 0. The fourth-order valence-electron chi connectivity index (χ4n) is 7.16. The van der Waals surface area contributed by atoms with Crippen LogP contribution < -0.4 is 0 Å². The smallest absolute Gasteiger partial charge is 0.164 e. The molecule has 9 rings (SSSR count). The second kappa shape index (κ2) is 9.67. The summed E-state index contributed by atoms with van der Waals surface area (Å²) in [6.07, 6.45) is 0. The number of aromatic nitrogens is 3. The Morgan fingerprint density at radius 3 is 1.42 bits per heavy atom. The van der Waals surface area contributed by atoms with Gasteiger partial charge in [0.05, 0.1) is 0 Å². The molecule has 1 aromatic heterocycles. The Hall–Kier alpha value is -5.67. The van der Waals surface area contributed by atoms with Crippen LogP contribution in [0.1, 0.15) is 25.0 Å². The molecule has 0 aliphatic heterocycles. The van der Waals surface area contributed by atoms with Crippen molar-refractivity contribution in [2.75, 3.05) is 0 Å². The van der Waals surface area contributed by atoms with Crippen LogP contribution in [0, 0.1) is 0 Å². The van der Waals surface area contributed by atoms with Crippen molar-refractivity contribution in [1.82, 2.24) is 15.0 Å². The Kier molecular flexibility index (Phi) is 5.54. The Labute approximate surface area is 261 Å². The van der Waals surface area contributed by atoms with Gasteiger partial charge in [-0.05, 0) is 78.8 Å². The SMILES string of the molecule is CC1(C)c2cc3ccccc3cc2-c2cccc(-c3nc(-c4ccc5ccccc5c4)nc(-c4ccc5ccccc5c4)n3)c21. The minimum Gasteiger partial charge on any atom is -0.208 e. The summed E-state index contributed by atoms with van der Waals surface area (Å²) in [4.78, 5) is 15.5. The summed E-state index contributed by atoms with van der Waals surface area (Å²) in [5.41, 5.74) is 7.89. The lowest BCUT2D eigenvalue weighted by Crippen LogP contribution is -2.17. The van der Waals surface area contributed by atoms with Gasteiger partial charge in [0.25, 0.3) is 0 Å². The first-order chi connectivity index (χ1) is 22.0. The van der Waals surface area contributed by atoms with Crippen LogP contribution in [0.2, 0.25) is 0 Å². The summed E-state index contributed by atoms with van der Waals surface area (Å²) < 4.78 is 0. The van der Waals surface area contributed by atoms with E-state index in [9.17, 15) is 0 Å². The Morgan fingerprint density at radius 2 is 0.844 bits per heavy atom. The van der Waals surface area contributed by atoms with Gasteiger partial charge in [0, 0.05) is 22.1 Å². The first kappa shape index (κ1) is 25.8. The van der Waals surface area contributed by atoms with Gasteiger partial charge >= 0.3 is 0 Å². The van der Waals surface area contributed by atoms with Crippen LogP contribution in [-0.4, -0.2) is 15.0 Å². The standard InChI is InChI=1S/C42H29N3/c1-42(2)37-25-31-15-8-7-14-30(31)24-36(37)34-16-9-17-35(38(34)42)41-44-39(32-20-18-26-10-3-5-12-28(26)22-32)43-40(45-41)33-21-19-27-11-4-6-13-29(27)23-33/h3-25H,1-2H3. The van der Waals surface area contributed by atoms with Crippen LogP contribution in [0.3, 0.4) is 0 Å². The highest BCUT2D eigenvalue weighted by atomic mass is 15.0. The van der Waals surface area contributed by atoms with Crippen molar-refractivity contribution < 1.29 is 0 Å². The maximum absolute atomic E-state index is 5.21. The van der Waals surface area contributed by atoms with Gasteiger partial charge in [0.1, 0.15) is 0 Å². The molecule has 1 aliphatic rings. The molecule has 0 spiro atoms. The molecule has 0 unspecified atom stereocenters. The van der Waals surface area contributed by atoms with Crippen LogP contribution in [-0.2, 0) is 5.41 Å². The predicted octanol–water partition coefficient (Wildman–Crippen LogP) is 10.6. The van der Waals surface area contributed by atoms with Gasteiger partial charge in [-0.1, -0.05) is 129 Å². The summed E-state index contributed by atoms with van der Waals surface area (Å²) in [6, 6.07) is 49.6. The summed E-state index contributed by atoms with van der Waals surface area (Å²) in [6.45, 7) is 4.65. The number of nitrogens with zero attached hydrogens (tertiary/aromatic N) is 3. The van der Waals surface area contributed by atoms with Crippen LogP contribution in [0.15, 0.2) is 140 Å². The Morgan fingerprint density at radius 1 is 0.378 bits per heavy atom. The third-order valence-electron chi connectivity index (χ3n) is 9.43. The van der Waals surface area contributed by atoms with Crippen molar-refractivity contribution >= 4 is 32.3 Å². The lowest BCUT2D eigenvalue weighted by Gasteiger charge is -2.24. The van der Waals surface area contributed by atoms with Crippen molar-refractivity contribution in [2.45, 2.75) is 19.3 Å². The molecule has 3 nitrogen and oxygen atoms in total. The monoisotopic (exact) mass is 575 g/mol. The molecular weight excluding hydrogens is 546 g/mol. The lowest BCUT2D eigenvalue weighted by molar-refractivity contribution is 0.662. The molecule has 1 aliphatic carbocycles. The summed E-state index contributed by atoms with van der Waals surface area (Å²) >= 11 is 0. The molecule has 3 heteroatoms. The summed E-state index contributed by atoms with van der Waals surface area (Å²) in [5, 5.41) is 7.22. The van der Waals surface area contributed by atoms with Crippen molar-refractivity contribution in [3.05, 3.63) is 151 Å². The maximum atomic E-state index is 5.21. The minimum atomic E-state index is -0.232. The molecule has 0 atom stereocenters. The summed E-state index contributed by atoms with van der Waals surface area (Å²) in [5.74, 6) is 2.04. The fourth-order valence-corrected chi connectivity index (χ4v) is 7.16. The lowest BCUT2D eigenvalue weighted by atomic mass is 9.79. The zero-order chi connectivity index (χ0) is 30.1. The largest absolute Gasteiger partial charge is 0.208 e. The zero-order valence-electron chi connectivity index (χ0n) is 25.1. The zero-order valence-corrected chi connectivity index (χ0v) is 25.1. The molecule has 0 N–H and O–H groups in total. The molecule has 0 fully saturated rings. The second-order valence-corrected chi connectivity index (χ2v) is 12.5. The molecule has 7 aromatic carbocycles. The van der Waals surface area contributed by atoms with Gasteiger partial charge in [0.15, 0.2) is 17.5 Å². The highest BCUT2D eigenvalue weighted by Crippen LogP contribution is 2.52. The number of hydrogen-bond donors (Lipinski definition) is 0. The molecule has 8 aromatic rings. The number of fused-ring (bicyclic) bond motifs is 6. The topological polar surface area (TPSA) is 38.7 Å². The van der Waals surface area contributed by atoms with Crippen molar-refractivity contribution in [2.24, 2.45) is 0 Å². The number of benzene rings is 7. The highest BCUT2D eigenvalue weighted by molar-refractivity contribution is 5.96. The van der Waals surface area contributed by atoms with Crippen molar-refractivity contribution in [1.29, 1.82) is 0 Å². The molecule has 212 valence electrons. The average Bonchev–Trinajstić information content (AvgIpc) is 3.32. The van der Waals surface area contributed by atoms with Gasteiger partial charge < -0.3 is 0 Å². The van der Waals surface area contributed by atoms with Crippen molar-refractivity contribution in [3.8, 4) is 45.3 Å². The first-order valence-corrected chi connectivity index (χ1v) is 15.4. The maximum Gasteiger partial charge on any atom is 0.164 e. The van der Waals surface area contributed by atoms with E-state index in [0.29, 0.717) is 17.5 Å². The Balaban J connectivity index is 1.29. The quantitative estimate of drug-likeness (QED) is 0.210. The second-order valence-electron chi connectivity index (χ2n) is 12.5. The molecule has 45 heavy (non-hydrogen) atoms. The van der Waals surface area contributed by atoms with E-state index in [2.05, 4.69) is 153 Å². The van der Waals surface area contributed by atoms with E-state index in [1.54, 1.807) is 0 Å². The number of hydrogen-bond acceptors (Lipinski definition) is 3. The van der Waals surface area contributed by atoms with Gasteiger partial charge in [-0.25, -0.2) is 15.0 Å². The van der Waals surface area contributed by atoms with E-state index < -0.39 is 0 Å². The highest BCUT2D eigenvalue weighted by Gasteiger charge is 2.38. The predicted molar refractivity (Wildman–Crippen MR) is 186 cm³/mol. The Bertz CT molecular complexity index is 2380. The van der Waals surface area contributed by atoms with Crippen molar-refractivity contribution in [3.63, 3.8) is 0 Å². The van der Waals surface area contributed by atoms with Gasteiger partial charge in [-0.15, -0.1) is 0 Å². The van der Waals surface area contributed by atoms with E-state index in [0.717, 1.165) is 27.5 Å². The molecular formula is C42H29N3. The van der Waals surface area contributed by atoms with Crippen LogP contribution >= 0.6 is 0 Å². The van der Waals surface area contributed by atoms with Gasteiger partial charge in [-0.3, -0.25) is 0 Å². The van der Waals surface area contributed by atoms with Crippen LogP contribution in [0.25, 0.3) is 77.6 Å². The number of rotatable bonds is 3. The fraction of sp³-hybridized carbons (Fsp3) is 0.0714. The van der Waals surface area contributed by atoms with E-state index in [1.165, 1.54) is 43.8 Å². The molecule has 1 heterocycles. The average molecular weight is 576 g/mol. The first-order valence-electron chi connectivity index (χ1n) is 15.4. The normalized spacial score (nSPS) is 13.3. The third-order valence-corrected chi connectivity index (χ3v) is 9.43. The van der Waals surface area contributed by atoms with Crippen LogP contribution in [0.4, 0.5) is 0 Å².